The number of benzene rings is 1. The van der Waals surface area contributed by atoms with Gasteiger partial charge in [-0.25, -0.2) is 0 Å². The minimum atomic E-state index is -0.260. The zero-order valence-corrected chi connectivity index (χ0v) is 14.5. The molecule has 0 aliphatic carbocycles. The first-order chi connectivity index (χ1) is 10.7. The summed E-state index contributed by atoms with van der Waals surface area (Å²) in [5, 5.41) is 14.2. The molecule has 23 heavy (non-hydrogen) atoms. The molecule has 1 atom stereocenters. The highest BCUT2D eigenvalue weighted by Gasteiger charge is 2.14. The third kappa shape index (κ3) is 6.82. The van der Waals surface area contributed by atoms with Gasteiger partial charge in [0.05, 0.1) is 6.54 Å². The fourth-order valence-electron chi connectivity index (χ4n) is 2.06. The number of hydrogen-bond acceptors (Lipinski definition) is 3. The van der Waals surface area contributed by atoms with Crippen LogP contribution in [0.15, 0.2) is 24.3 Å². The molecule has 0 radical (unpaired) electrons. The van der Waals surface area contributed by atoms with E-state index >= 15 is 0 Å². The first kappa shape index (κ1) is 19.2. The number of carbonyl (C=O) groups is 2. The predicted molar refractivity (Wildman–Crippen MR) is 91.4 cm³/mol. The number of amides is 2. The van der Waals surface area contributed by atoms with Crippen LogP contribution in [0.25, 0.3) is 0 Å². The maximum absolute atomic E-state index is 12.0. The van der Waals surface area contributed by atoms with Crippen molar-refractivity contribution in [2.24, 2.45) is 5.92 Å². The van der Waals surface area contributed by atoms with Crippen LogP contribution in [0.2, 0.25) is 0 Å². The lowest BCUT2D eigenvalue weighted by molar-refractivity contribution is -0.120. The summed E-state index contributed by atoms with van der Waals surface area (Å²) in [6.07, 6.45) is 0.646. The highest BCUT2D eigenvalue weighted by Crippen LogP contribution is 2.22. The van der Waals surface area contributed by atoms with E-state index < -0.39 is 0 Å². The van der Waals surface area contributed by atoms with Crippen molar-refractivity contribution in [1.29, 1.82) is 0 Å². The second-order valence-corrected chi connectivity index (χ2v) is 6.93. The molecule has 1 rings (SSSR count). The molecular formula is C18H28N2O3. The molecule has 0 fully saturated rings. The molecule has 128 valence electrons. The lowest BCUT2D eigenvalue weighted by Gasteiger charge is -2.19. The van der Waals surface area contributed by atoms with Gasteiger partial charge in [0.2, 0.25) is 5.91 Å². The highest BCUT2D eigenvalue weighted by molar-refractivity contribution is 5.96. The average molecular weight is 320 g/mol. The quantitative estimate of drug-likeness (QED) is 0.717. The molecule has 0 bridgehead atoms. The van der Waals surface area contributed by atoms with E-state index in [0.717, 1.165) is 5.56 Å². The van der Waals surface area contributed by atoms with E-state index in [1.54, 1.807) is 12.1 Å². The summed E-state index contributed by atoms with van der Waals surface area (Å²) in [7, 11) is 0. The summed E-state index contributed by atoms with van der Waals surface area (Å²) in [4.78, 5) is 23.7. The van der Waals surface area contributed by atoms with E-state index in [-0.39, 0.29) is 36.3 Å². The van der Waals surface area contributed by atoms with Gasteiger partial charge in [-0.2, -0.15) is 0 Å². The van der Waals surface area contributed by atoms with Gasteiger partial charge in [-0.3, -0.25) is 9.59 Å². The van der Waals surface area contributed by atoms with Crippen molar-refractivity contribution in [2.75, 3.05) is 19.7 Å². The van der Waals surface area contributed by atoms with Gasteiger partial charge in [-0.1, -0.05) is 39.8 Å². The van der Waals surface area contributed by atoms with Crippen molar-refractivity contribution in [3.8, 4) is 0 Å². The number of aliphatic hydroxyl groups excluding tert-OH is 1. The Labute approximate surface area is 138 Å². The largest absolute Gasteiger partial charge is 0.396 e. The number of nitrogens with one attached hydrogen (secondary N) is 2. The van der Waals surface area contributed by atoms with E-state index in [1.165, 1.54) is 0 Å². The lowest BCUT2D eigenvalue weighted by atomic mass is 9.87. The third-order valence-electron chi connectivity index (χ3n) is 3.69. The van der Waals surface area contributed by atoms with Crippen LogP contribution in [-0.2, 0) is 10.2 Å². The van der Waals surface area contributed by atoms with Crippen LogP contribution in [0.5, 0.6) is 0 Å². The number of carbonyl (C=O) groups excluding carboxylic acids is 2. The molecule has 0 saturated heterocycles. The zero-order valence-electron chi connectivity index (χ0n) is 14.5. The Morgan fingerprint density at radius 1 is 1.13 bits per heavy atom. The van der Waals surface area contributed by atoms with E-state index in [2.05, 4.69) is 31.4 Å². The lowest BCUT2D eigenvalue weighted by Crippen LogP contribution is -2.38. The first-order valence-corrected chi connectivity index (χ1v) is 8.00. The first-order valence-electron chi connectivity index (χ1n) is 8.00. The summed E-state index contributed by atoms with van der Waals surface area (Å²) < 4.78 is 0. The standard InChI is InChI=1S/C18H28N2O3/c1-13(9-10-21)11-19-16(22)12-20-17(23)14-5-7-15(8-6-14)18(2,3)4/h5-8,13,21H,9-12H2,1-4H3,(H,19,22)(H,20,23). The molecule has 2 amide bonds. The molecule has 0 aliphatic heterocycles. The van der Waals surface area contributed by atoms with Crippen molar-refractivity contribution in [3.63, 3.8) is 0 Å². The van der Waals surface area contributed by atoms with E-state index in [0.29, 0.717) is 18.5 Å². The van der Waals surface area contributed by atoms with Crippen molar-refractivity contribution in [3.05, 3.63) is 35.4 Å². The molecule has 0 aromatic heterocycles. The second-order valence-electron chi connectivity index (χ2n) is 6.93. The molecular weight excluding hydrogens is 292 g/mol. The van der Waals surface area contributed by atoms with Crippen LogP contribution in [0.1, 0.15) is 50.0 Å². The molecule has 5 heteroatoms. The highest BCUT2D eigenvalue weighted by atomic mass is 16.3. The van der Waals surface area contributed by atoms with Crippen LogP contribution in [0.3, 0.4) is 0 Å². The molecule has 0 saturated carbocycles. The van der Waals surface area contributed by atoms with Crippen LogP contribution in [0.4, 0.5) is 0 Å². The molecule has 3 N–H and O–H groups in total. The van der Waals surface area contributed by atoms with E-state index in [1.807, 2.05) is 19.1 Å². The number of rotatable bonds is 7. The van der Waals surface area contributed by atoms with Crippen molar-refractivity contribution in [1.82, 2.24) is 10.6 Å². The minimum absolute atomic E-state index is 0.0418. The Kier molecular flexibility index (Phi) is 7.23. The SMILES string of the molecule is CC(CCO)CNC(=O)CNC(=O)c1ccc(C(C)(C)C)cc1. The molecule has 1 aromatic carbocycles. The number of hydrogen-bond donors (Lipinski definition) is 3. The molecule has 1 aromatic rings. The van der Waals surface area contributed by atoms with E-state index in [9.17, 15) is 9.59 Å². The molecule has 0 aliphatic rings. The van der Waals surface area contributed by atoms with Crippen LogP contribution >= 0.6 is 0 Å². The third-order valence-corrected chi connectivity index (χ3v) is 3.69. The fourth-order valence-corrected chi connectivity index (χ4v) is 2.06. The van der Waals surface area contributed by atoms with Gasteiger partial charge in [-0.05, 0) is 35.4 Å². The van der Waals surface area contributed by atoms with Gasteiger partial charge in [0.15, 0.2) is 0 Å². The van der Waals surface area contributed by atoms with Gasteiger partial charge < -0.3 is 15.7 Å². The fraction of sp³-hybridized carbons (Fsp3) is 0.556. The van der Waals surface area contributed by atoms with Crippen LogP contribution in [0, 0.1) is 5.92 Å². The van der Waals surface area contributed by atoms with Crippen LogP contribution < -0.4 is 10.6 Å². The summed E-state index contributed by atoms with van der Waals surface area (Å²) in [5.74, 6) is -0.275. The molecule has 0 spiro atoms. The Morgan fingerprint density at radius 3 is 2.26 bits per heavy atom. The average Bonchev–Trinajstić information content (AvgIpc) is 2.50. The van der Waals surface area contributed by atoms with Crippen LogP contribution in [-0.4, -0.2) is 36.6 Å². The Balaban J connectivity index is 2.43. The molecule has 1 unspecified atom stereocenters. The molecule has 0 heterocycles. The Bertz CT molecular complexity index is 518. The van der Waals surface area contributed by atoms with Gasteiger partial charge in [-0.15, -0.1) is 0 Å². The van der Waals surface area contributed by atoms with Crippen molar-refractivity contribution < 1.29 is 14.7 Å². The normalized spacial score (nSPS) is 12.6. The monoisotopic (exact) mass is 320 g/mol. The topological polar surface area (TPSA) is 78.4 Å². The Morgan fingerprint density at radius 2 is 1.74 bits per heavy atom. The predicted octanol–water partition coefficient (Wildman–Crippen LogP) is 1.85. The summed E-state index contributed by atoms with van der Waals surface area (Å²) in [6.45, 7) is 8.85. The van der Waals surface area contributed by atoms with Crippen molar-refractivity contribution >= 4 is 11.8 Å². The van der Waals surface area contributed by atoms with Gasteiger partial charge in [0.1, 0.15) is 0 Å². The Hall–Kier alpha value is -1.88. The minimum Gasteiger partial charge on any atom is -0.396 e. The maximum Gasteiger partial charge on any atom is 0.251 e. The van der Waals surface area contributed by atoms with Gasteiger partial charge in [0.25, 0.3) is 5.91 Å². The summed E-state index contributed by atoms with van der Waals surface area (Å²) in [6, 6.07) is 7.42. The second kappa shape index (κ2) is 8.67. The summed E-state index contributed by atoms with van der Waals surface area (Å²) >= 11 is 0. The summed E-state index contributed by atoms with van der Waals surface area (Å²) in [5.41, 5.74) is 1.74. The maximum atomic E-state index is 12.0. The van der Waals surface area contributed by atoms with Crippen molar-refractivity contribution in [2.45, 2.75) is 39.5 Å². The smallest absolute Gasteiger partial charge is 0.251 e. The van der Waals surface area contributed by atoms with E-state index in [4.69, 9.17) is 5.11 Å². The molecule has 5 nitrogen and oxygen atoms in total. The zero-order chi connectivity index (χ0) is 17.5. The van der Waals surface area contributed by atoms with Gasteiger partial charge >= 0.3 is 0 Å². The number of aliphatic hydroxyl groups is 1. The van der Waals surface area contributed by atoms with Gasteiger partial charge in [0, 0.05) is 18.7 Å².